The Balaban J connectivity index is 1.66. The molecular formula is C16H24N2O3S. The SMILES string of the molecule is O=S(=O)(CCN1CCCC1)N[C@@H]1CCCOc2ccccc21. The molecule has 2 aliphatic rings. The van der Waals surface area contributed by atoms with Crippen LogP contribution in [0.3, 0.4) is 0 Å². The molecule has 0 aromatic heterocycles. The normalized spacial score (nSPS) is 22.8. The van der Waals surface area contributed by atoms with Crippen molar-refractivity contribution in [3.63, 3.8) is 0 Å². The first-order valence-corrected chi connectivity index (χ1v) is 9.73. The molecule has 2 aliphatic heterocycles. The van der Waals surface area contributed by atoms with Gasteiger partial charge in [-0.2, -0.15) is 0 Å². The van der Waals surface area contributed by atoms with Crippen molar-refractivity contribution < 1.29 is 13.2 Å². The van der Waals surface area contributed by atoms with E-state index in [9.17, 15) is 8.42 Å². The van der Waals surface area contributed by atoms with Crippen LogP contribution in [-0.4, -0.2) is 45.3 Å². The van der Waals surface area contributed by atoms with Crippen molar-refractivity contribution in [1.82, 2.24) is 9.62 Å². The van der Waals surface area contributed by atoms with Crippen LogP contribution in [0.1, 0.15) is 37.3 Å². The van der Waals surface area contributed by atoms with Crippen molar-refractivity contribution in [2.45, 2.75) is 31.7 Å². The first kappa shape index (κ1) is 15.8. The highest BCUT2D eigenvalue weighted by Gasteiger charge is 2.25. The van der Waals surface area contributed by atoms with Gasteiger partial charge < -0.3 is 9.64 Å². The largest absolute Gasteiger partial charge is 0.493 e. The van der Waals surface area contributed by atoms with Crippen molar-refractivity contribution in [2.75, 3.05) is 32.0 Å². The van der Waals surface area contributed by atoms with Gasteiger partial charge in [0.05, 0.1) is 18.4 Å². The fourth-order valence-electron chi connectivity index (χ4n) is 3.18. The summed E-state index contributed by atoms with van der Waals surface area (Å²) >= 11 is 0. The van der Waals surface area contributed by atoms with Crippen molar-refractivity contribution in [3.05, 3.63) is 29.8 Å². The van der Waals surface area contributed by atoms with Gasteiger partial charge in [0.15, 0.2) is 0 Å². The van der Waals surface area contributed by atoms with E-state index in [2.05, 4.69) is 9.62 Å². The topological polar surface area (TPSA) is 58.6 Å². The van der Waals surface area contributed by atoms with Gasteiger partial charge in [-0.1, -0.05) is 18.2 Å². The highest BCUT2D eigenvalue weighted by atomic mass is 32.2. The van der Waals surface area contributed by atoms with Crippen LogP contribution in [0.25, 0.3) is 0 Å². The van der Waals surface area contributed by atoms with E-state index in [0.717, 1.165) is 37.2 Å². The molecule has 22 heavy (non-hydrogen) atoms. The van der Waals surface area contributed by atoms with Crippen molar-refractivity contribution in [1.29, 1.82) is 0 Å². The summed E-state index contributed by atoms with van der Waals surface area (Å²) in [6, 6.07) is 7.53. The Morgan fingerprint density at radius 2 is 1.95 bits per heavy atom. The summed E-state index contributed by atoms with van der Waals surface area (Å²) in [4.78, 5) is 2.23. The maximum Gasteiger partial charge on any atom is 0.213 e. The molecule has 1 fully saturated rings. The maximum atomic E-state index is 12.4. The number of ether oxygens (including phenoxy) is 1. The number of hydrogen-bond donors (Lipinski definition) is 1. The van der Waals surface area contributed by atoms with Gasteiger partial charge >= 0.3 is 0 Å². The molecule has 1 atom stereocenters. The number of rotatable bonds is 5. The Morgan fingerprint density at radius 3 is 2.77 bits per heavy atom. The average molecular weight is 324 g/mol. The molecular weight excluding hydrogens is 300 g/mol. The van der Waals surface area contributed by atoms with Crippen molar-refractivity contribution >= 4 is 10.0 Å². The van der Waals surface area contributed by atoms with E-state index in [4.69, 9.17) is 4.74 Å². The zero-order chi connectivity index (χ0) is 15.4. The van der Waals surface area contributed by atoms with Gasteiger partial charge in [-0.05, 0) is 44.8 Å². The van der Waals surface area contributed by atoms with E-state index < -0.39 is 10.0 Å². The number of benzene rings is 1. The van der Waals surface area contributed by atoms with E-state index >= 15 is 0 Å². The second kappa shape index (κ2) is 6.98. The molecule has 122 valence electrons. The molecule has 1 aromatic carbocycles. The first-order valence-electron chi connectivity index (χ1n) is 8.08. The zero-order valence-corrected chi connectivity index (χ0v) is 13.6. The molecule has 0 unspecified atom stereocenters. The lowest BCUT2D eigenvalue weighted by Crippen LogP contribution is -2.35. The number of sulfonamides is 1. The minimum atomic E-state index is -3.27. The Hall–Kier alpha value is -1.11. The maximum absolute atomic E-state index is 12.4. The number of nitrogens with one attached hydrogen (secondary N) is 1. The monoisotopic (exact) mass is 324 g/mol. The second-order valence-electron chi connectivity index (χ2n) is 6.07. The van der Waals surface area contributed by atoms with Crippen LogP contribution in [0, 0.1) is 0 Å². The summed E-state index contributed by atoms with van der Waals surface area (Å²) in [6.45, 7) is 3.31. The molecule has 0 bridgehead atoms. The third-order valence-corrected chi connectivity index (χ3v) is 5.75. The van der Waals surface area contributed by atoms with Gasteiger partial charge in [0.1, 0.15) is 5.75 Å². The summed E-state index contributed by atoms with van der Waals surface area (Å²) in [5, 5.41) is 0. The number of nitrogens with zero attached hydrogens (tertiary/aromatic N) is 1. The van der Waals surface area contributed by atoms with Gasteiger partial charge in [-0.3, -0.25) is 0 Å². The second-order valence-corrected chi connectivity index (χ2v) is 7.94. The van der Waals surface area contributed by atoms with Gasteiger partial charge in [0.2, 0.25) is 10.0 Å². The smallest absolute Gasteiger partial charge is 0.213 e. The van der Waals surface area contributed by atoms with Gasteiger partial charge in [0.25, 0.3) is 0 Å². The highest BCUT2D eigenvalue weighted by molar-refractivity contribution is 7.89. The molecule has 0 spiro atoms. The van der Waals surface area contributed by atoms with Crippen LogP contribution in [0.15, 0.2) is 24.3 Å². The number of likely N-dealkylation sites (tertiary alicyclic amines) is 1. The predicted octanol–water partition coefficient (Wildman–Crippen LogP) is 1.92. The standard InChI is InChI=1S/C16H24N2O3S/c19-22(20,13-11-18-9-3-4-10-18)17-15-7-5-12-21-16-8-2-1-6-14(15)16/h1-2,6,8,15,17H,3-5,7,9-13H2/t15-/m1/s1. The molecule has 1 N–H and O–H groups in total. The average Bonchev–Trinajstić information content (AvgIpc) is 2.95. The van der Waals surface area contributed by atoms with Gasteiger partial charge in [-0.15, -0.1) is 0 Å². The Morgan fingerprint density at radius 1 is 1.18 bits per heavy atom. The molecule has 0 amide bonds. The molecule has 2 heterocycles. The zero-order valence-electron chi connectivity index (χ0n) is 12.8. The van der Waals surface area contributed by atoms with Crippen LogP contribution in [0.4, 0.5) is 0 Å². The lowest BCUT2D eigenvalue weighted by Gasteiger charge is -2.20. The first-order chi connectivity index (χ1) is 10.6. The Kier molecular flexibility index (Phi) is 5.00. The van der Waals surface area contributed by atoms with Crippen molar-refractivity contribution in [2.24, 2.45) is 0 Å². The number of para-hydroxylation sites is 1. The summed E-state index contributed by atoms with van der Waals surface area (Å²) in [6.07, 6.45) is 4.00. The van der Waals surface area contributed by atoms with E-state index in [-0.39, 0.29) is 11.8 Å². The lowest BCUT2D eigenvalue weighted by atomic mass is 10.0. The van der Waals surface area contributed by atoms with Gasteiger partial charge in [-0.25, -0.2) is 13.1 Å². The predicted molar refractivity (Wildman–Crippen MR) is 86.5 cm³/mol. The lowest BCUT2D eigenvalue weighted by molar-refractivity contribution is 0.316. The fraction of sp³-hybridized carbons (Fsp3) is 0.625. The minimum Gasteiger partial charge on any atom is -0.493 e. The highest BCUT2D eigenvalue weighted by Crippen LogP contribution is 2.31. The summed E-state index contributed by atoms with van der Waals surface area (Å²) in [5.41, 5.74) is 0.949. The molecule has 0 saturated carbocycles. The molecule has 5 nitrogen and oxygen atoms in total. The number of fused-ring (bicyclic) bond motifs is 1. The van der Waals surface area contributed by atoms with Crippen molar-refractivity contribution in [3.8, 4) is 5.75 Å². The summed E-state index contributed by atoms with van der Waals surface area (Å²) in [7, 11) is -3.27. The van der Waals surface area contributed by atoms with Crippen LogP contribution < -0.4 is 9.46 Å². The third-order valence-electron chi connectivity index (χ3n) is 4.39. The van der Waals surface area contributed by atoms with E-state index in [1.54, 1.807) is 0 Å². The fourth-order valence-corrected chi connectivity index (χ4v) is 4.47. The van der Waals surface area contributed by atoms with Crippen LogP contribution in [0.2, 0.25) is 0 Å². The van der Waals surface area contributed by atoms with Crippen LogP contribution >= 0.6 is 0 Å². The van der Waals surface area contributed by atoms with E-state index in [1.807, 2.05) is 24.3 Å². The van der Waals surface area contributed by atoms with Crippen LogP contribution in [-0.2, 0) is 10.0 Å². The molecule has 0 aliphatic carbocycles. The van der Waals surface area contributed by atoms with E-state index in [1.165, 1.54) is 12.8 Å². The quantitative estimate of drug-likeness (QED) is 0.899. The summed E-state index contributed by atoms with van der Waals surface area (Å²) < 4.78 is 33.4. The van der Waals surface area contributed by atoms with Crippen LogP contribution in [0.5, 0.6) is 5.75 Å². The molecule has 0 radical (unpaired) electrons. The van der Waals surface area contributed by atoms with E-state index in [0.29, 0.717) is 13.2 Å². The molecule has 1 saturated heterocycles. The molecule has 1 aromatic rings. The number of hydrogen-bond acceptors (Lipinski definition) is 4. The Labute approximate surface area is 132 Å². The molecule has 3 rings (SSSR count). The van der Waals surface area contributed by atoms with Gasteiger partial charge in [0, 0.05) is 12.1 Å². The molecule has 6 heteroatoms. The Bertz CT molecular complexity index is 597. The summed E-state index contributed by atoms with van der Waals surface area (Å²) in [5.74, 6) is 0.972. The third kappa shape index (κ3) is 4.00. The minimum absolute atomic E-state index is 0.173.